The average Bonchev–Trinajstić information content (AvgIpc) is 2.89. The lowest BCUT2D eigenvalue weighted by molar-refractivity contribution is -0.145. The van der Waals surface area contributed by atoms with Gasteiger partial charge in [-0.1, -0.05) is 0 Å². The molecule has 1 atom stereocenters. The molecular weight excluding hydrogens is 306 g/mol. The van der Waals surface area contributed by atoms with Gasteiger partial charge in [0.1, 0.15) is 11.6 Å². The van der Waals surface area contributed by atoms with E-state index >= 15 is 0 Å². The largest absolute Gasteiger partial charge is 0.480 e. The second-order valence-electron chi connectivity index (χ2n) is 6.22. The second-order valence-corrected chi connectivity index (χ2v) is 7.19. The molecule has 8 heteroatoms. The minimum Gasteiger partial charge on any atom is -0.480 e. The maximum Gasteiger partial charge on any atom is 0.410 e. The van der Waals surface area contributed by atoms with E-state index in [9.17, 15) is 14.7 Å². The van der Waals surface area contributed by atoms with Crippen LogP contribution in [-0.2, 0) is 16.1 Å². The Bertz CT molecular complexity index is 527. The first-order chi connectivity index (χ1) is 10.3. The number of aromatic nitrogens is 1. The maximum atomic E-state index is 12.1. The molecule has 122 valence electrons. The smallest absolute Gasteiger partial charge is 0.410 e. The number of carboxylic acid groups (broad SMARTS) is 1. The van der Waals surface area contributed by atoms with Crippen LogP contribution in [0.15, 0.2) is 11.7 Å². The van der Waals surface area contributed by atoms with Crippen LogP contribution in [0, 0.1) is 0 Å². The number of hydrogen-bond donors (Lipinski definition) is 1. The van der Waals surface area contributed by atoms with Crippen molar-refractivity contribution in [3.05, 3.63) is 16.6 Å². The fourth-order valence-corrected chi connectivity index (χ4v) is 2.88. The van der Waals surface area contributed by atoms with Gasteiger partial charge < -0.3 is 14.7 Å². The van der Waals surface area contributed by atoms with Gasteiger partial charge in [0.25, 0.3) is 0 Å². The van der Waals surface area contributed by atoms with Crippen molar-refractivity contribution in [2.75, 3.05) is 19.6 Å². The summed E-state index contributed by atoms with van der Waals surface area (Å²) in [5.41, 5.74) is 1.14. The van der Waals surface area contributed by atoms with Crippen molar-refractivity contribution in [2.24, 2.45) is 0 Å². The quantitative estimate of drug-likeness (QED) is 0.909. The fourth-order valence-electron chi connectivity index (χ4n) is 2.26. The van der Waals surface area contributed by atoms with E-state index in [2.05, 4.69) is 4.98 Å². The van der Waals surface area contributed by atoms with E-state index in [1.54, 1.807) is 32.5 Å². The molecule has 22 heavy (non-hydrogen) atoms. The van der Waals surface area contributed by atoms with E-state index in [1.165, 1.54) is 16.2 Å². The Labute approximate surface area is 133 Å². The van der Waals surface area contributed by atoms with Gasteiger partial charge in [0.15, 0.2) is 0 Å². The summed E-state index contributed by atoms with van der Waals surface area (Å²) in [6.07, 6.45) is 1.28. The lowest BCUT2D eigenvalue weighted by Gasteiger charge is -2.39. The van der Waals surface area contributed by atoms with Gasteiger partial charge >= 0.3 is 12.1 Å². The molecule has 2 heterocycles. The van der Waals surface area contributed by atoms with E-state index in [0.29, 0.717) is 19.6 Å². The zero-order chi connectivity index (χ0) is 16.3. The molecule has 1 aromatic heterocycles. The first-order valence-corrected chi connectivity index (χ1v) is 7.96. The molecule has 0 spiro atoms. The summed E-state index contributed by atoms with van der Waals surface area (Å²) in [6, 6.07) is -0.733. The molecule has 1 saturated heterocycles. The van der Waals surface area contributed by atoms with Gasteiger partial charge in [0.2, 0.25) is 0 Å². The molecular formula is C14H21N3O4S. The molecule has 0 aliphatic carbocycles. The predicted molar refractivity (Wildman–Crippen MR) is 81.8 cm³/mol. The summed E-state index contributed by atoms with van der Waals surface area (Å²) < 4.78 is 5.31. The number of ether oxygens (including phenoxy) is 1. The van der Waals surface area contributed by atoms with Crippen molar-refractivity contribution in [1.82, 2.24) is 14.8 Å². The highest BCUT2D eigenvalue weighted by atomic mass is 32.1. The summed E-state index contributed by atoms with van der Waals surface area (Å²) in [5.74, 6) is -0.933. The molecule has 1 aliphatic heterocycles. The van der Waals surface area contributed by atoms with Crippen molar-refractivity contribution in [3.8, 4) is 0 Å². The van der Waals surface area contributed by atoms with Gasteiger partial charge in [0, 0.05) is 30.7 Å². The lowest BCUT2D eigenvalue weighted by atomic mass is 10.1. The van der Waals surface area contributed by atoms with Crippen molar-refractivity contribution in [1.29, 1.82) is 0 Å². The molecule has 1 amide bonds. The molecule has 7 nitrogen and oxygen atoms in total. The van der Waals surface area contributed by atoms with E-state index < -0.39 is 23.7 Å². The van der Waals surface area contributed by atoms with Crippen LogP contribution in [0.1, 0.15) is 25.6 Å². The minimum absolute atomic E-state index is 0.128. The Kier molecular flexibility index (Phi) is 5.02. The Hall–Kier alpha value is -1.67. The van der Waals surface area contributed by atoms with E-state index in [1.807, 2.05) is 4.90 Å². The van der Waals surface area contributed by atoms with Crippen LogP contribution < -0.4 is 0 Å². The van der Waals surface area contributed by atoms with Crippen LogP contribution in [0.5, 0.6) is 0 Å². The average molecular weight is 327 g/mol. The molecule has 0 saturated carbocycles. The Morgan fingerprint density at radius 2 is 2.18 bits per heavy atom. The Balaban J connectivity index is 2.01. The van der Waals surface area contributed by atoms with Crippen LogP contribution in [0.4, 0.5) is 4.79 Å². The Morgan fingerprint density at radius 3 is 2.73 bits per heavy atom. The molecule has 1 aromatic rings. The second kappa shape index (κ2) is 6.62. The van der Waals surface area contributed by atoms with Crippen molar-refractivity contribution in [2.45, 2.75) is 39.0 Å². The number of nitrogens with zero attached hydrogens (tertiary/aromatic N) is 3. The summed E-state index contributed by atoms with van der Waals surface area (Å²) in [5, 5.41) is 9.44. The summed E-state index contributed by atoms with van der Waals surface area (Å²) >= 11 is 1.49. The molecule has 0 radical (unpaired) electrons. The zero-order valence-corrected chi connectivity index (χ0v) is 13.8. The van der Waals surface area contributed by atoms with E-state index in [4.69, 9.17) is 4.74 Å². The zero-order valence-electron chi connectivity index (χ0n) is 13.0. The number of carbonyl (C=O) groups excluding carboxylic acids is 1. The SMILES string of the molecule is CC(C)(C)OC(=O)N1CCN(Cc2cncs2)[C@@H](C(=O)O)C1. The van der Waals surface area contributed by atoms with Crippen molar-refractivity contribution < 1.29 is 19.4 Å². The van der Waals surface area contributed by atoms with Gasteiger partial charge in [-0.2, -0.15) is 0 Å². The molecule has 0 unspecified atom stereocenters. The van der Waals surface area contributed by atoms with Gasteiger partial charge in [-0.15, -0.1) is 11.3 Å². The third kappa shape index (κ3) is 4.41. The number of hydrogen-bond acceptors (Lipinski definition) is 6. The number of thiazole rings is 1. The fraction of sp³-hybridized carbons (Fsp3) is 0.643. The van der Waals surface area contributed by atoms with Crippen LogP contribution >= 0.6 is 11.3 Å². The third-order valence-electron chi connectivity index (χ3n) is 3.27. The highest BCUT2D eigenvalue weighted by Gasteiger charge is 2.35. The lowest BCUT2D eigenvalue weighted by Crippen LogP contribution is -2.57. The first-order valence-electron chi connectivity index (χ1n) is 7.08. The topological polar surface area (TPSA) is 83.0 Å². The van der Waals surface area contributed by atoms with Gasteiger partial charge in [-0.25, -0.2) is 4.79 Å². The number of carboxylic acids is 1. The van der Waals surface area contributed by atoms with Crippen molar-refractivity contribution >= 4 is 23.4 Å². The minimum atomic E-state index is -0.933. The number of carbonyl (C=O) groups is 2. The van der Waals surface area contributed by atoms with Crippen LogP contribution in [0.3, 0.4) is 0 Å². The normalized spacial score (nSPS) is 20.0. The van der Waals surface area contributed by atoms with Gasteiger partial charge in [0.05, 0.1) is 12.1 Å². The third-order valence-corrected chi connectivity index (χ3v) is 4.03. The standard InChI is InChI=1S/C14H21N3O4S/c1-14(2,3)21-13(20)17-5-4-16(11(8-17)12(18)19)7-10-6-15-9-22-10/h6,9,11H,4-5,7-8H2,1-3H3,(H,18,19)/t11-/m1/s1. The first kappa shape index (κ1) is 16.7. The van der Waals surface area contributed by atoms with Crippen molar-refractivity contribution in [3.63, 3.8) is 0 Å². The van der Waals surface area contributed by atoms with E-state index in [0.717, 1.165) is 4.88 Å². The number of piperazine rings is 1. The summed E-state index contributed by atoms with van der Waals surface area (Å²) in [4.78, 5) is 31.9. The summed E-state index contributed by atoms with van der Waals surface area (Å²) in [7, 11) is 0. The van der Waals surface area contributed by atoms with Gasteiger partial charge in [-0.3, -0.25) is 14.7 Å². The molecule has 1 fully saturated rings. The highest BCUT2D eigenvalue weighted by Crippen LogP contribution is 2.18. The van der Waals surface area contributed by atoms with E-state index in [-0.39, 0.29) is 6.54 Å². The number of amides is 1. The molecule has 2 rings (SSSR count). The molecule has 1 aliphatic rings. The Morgan fingerprint density at radius 1 is 1.45 bits per heavy atom. The molecule has 0 aromatic carbocycles. The van der Waals surface area contributed by atoms with Crippen LogP contribution in [-0.4, -0.2) is 63.2 Å². The molecule has 0 bridgehead atoms. The van der Waals surface area contributed by atoms with Gasteiger partial charge in [-0.05, 0) is 20.8 Å². The highest BCUT2D eigenvalue weighted by molar-refractivity contribution is 7.09. The predicted octanol–water partition coefficient (Wildman–Crippen LogP) is 1.65. The maximum absolute atomic E-state index is 12.1. The van der Waals surface area contributed by atoms with Crippen LogP contribution in [0.2, 0.25) is 0 Å². The number of aliphatic carboxylic acids is 1. The molecule has 1 N–H and O–H groups in total. The van der Waals surface area contributed by atoms with Crippen LogP contribution in [0.25, 0.3) is 0 Å². The number of rotatable bonds is 3. The summed E-state index contributed by atoms with van der Waals surface area (Å²) in [6.45, 7) is 6.98. The monoisotopic (exact) mass is 327 g/mol.